The van der Waals surface area contributed by atoms with Crippen molar-refractivity contribution in [2.45, 2.75) is 71.6 Å². The first-order valence-corrected chi connectivity index (χ1v) is 6.96. The van der Waals surface area contributed by atoms with Crippen molar-refractivity contribution >= 4 is 12.1 Å². The van der Waals surface area contributed by atoms with Crippen molar-refractivity contribution in [3.05, 3.63) is 0 Å². The number of hydrogen-bond donors (Lipinski definition) is 2. The van der Waals surface area contributed by atoms with Crippen LogP contribution in [0.25, 0.3) is 0 Å². The van der Waals surface area contributed by atoms with Gasteiger partial charge in [-0.1, -0.05) is 0 Å². The molecule has 0 saturated heterocycles. The smallest absolute Gasteiger partial charge is 0.408 e. The summed E-state index contributed by atoms with van der Waals surface area (Å²) >= 11 is 0. The molecule has 118 valence electrons. The first-order valence-electron chi connectivity index (χ1n) is 6.96. The summed E-state index contributed by atoms with van der Waals surface area (Å²) in [6.45, 7) is 11.4. The first kappa shape index (κ1) is 18.7. The van der Waals surface area contributed by atoms with E-state index in [1.807, 2.05) is 0 Å². The predicted molar refractivity (Wildman–Crippen MR) is 76.0 cm³/mol. The monoisotopic (exact) mass is 289 g/mol. The molecular weight excluding hydrogens is 260 g/mol. The SMILES string of the molecule is CC(C)(C)OC(=O)N[C@@H](CCC[NH3+])C(=O)OC(C)(C)C. The highest BCUT2D eigenvalue weighted by molar-refractivity contribution is 5.81. The second-order valence-electron chi connectivity index (χ2n) is 6.73. The zero-order valence-corrected chi connectivity index (χ0v) is 13.5. The molecule has 0 aliphatic rings. The number of carbonyl (C=O) groups excluding carboxylic acids is 2. The molecule has 20 heavy (non-hydrogen) atoms. The van der Waals surface area contributed by atoms with Crippen LogP contribution in [0.5, 0.6) is 0 Å². The number of nitrogens with one attached hydrogen (secondary N) is 1. The topological polar surface area (TPSA) is 92.3 Å². The summed E-state index contributed by atoms with van der Waals surface area (Å²) in [5.74, 6) is -0.447. The van der Waals surface area contributed by atoms with E-state index in [9.17, 15) is 9.59 Å². The fourth-order valence-electron chi connectivity index (χ4n) is 1.42. The summed E-state index contributed by atoms with van der Waals surface area (Å²) < 4.78 is 10.5. The van der Waals surface area contributed by atoms with Gasteiger partial charge in [-0.15, -0.1) is 0 Å². The molecule has 0 aliphatic heterocycles. The molecule has 0 spiro atoms. The molecule has 0 unspecified atom stereocenters. The first-order chi connectivity index (χ1) is 8.94. The molecule has 0 rings (SSSR count). The van der Waals surface area contributed by atoms with Crippen LogP contribution >= 0.6 is 0 Å². The van der Waals surface area contributed by atoms with Gasteiger partial charge in [0.2, 0.25) is 0 Å². The fraction of sp³-hybridized carbons (Fsp3) is 0.857. The van der Waals surface area contributed by atoms with Crippen molar-refractivity contribution in [3.8, 4) is 0 Å². The third-order valence-electron chi connectivity index (χ3n) is 2.13. The van der Waals surface area contributed by atoms with Crippen LogP contribution in [0.15, 0.2) is 0 Å². The van der Waals surface area contributed by atoms with Gasteiger partial charge in [-0.2, -0.15) is 0 Å². The van der Waals surface area contributed by atoms with E-state index in [2.05, 4.69) is 11.1 Å². The molecule has 1 amide bonds. The Balaban J connectivity index is 4.63. The second-order valence-corrected chi connectivity index (χ2v) is 6.73. The molecule has 4 N–H and O–H groups in total. The lowest BCUT2D eigenvalue weighted by Crippen LogP contribution is -2.51. The normalized spacial score (nSPS) is 13.6. The van der Waals surface area contributed by atoms with Crippen molar-refractivity contribution < 1.29 is 24.8 Å². The molecule has 0 saturated carbocycles. The maximum absolute atomic E-state index is 12.1. The summed E-state index contributed by atoms with van der Waals surface area (Å²) in [7, 11) is 0. The van der Waals surface area contributed by atoms with Crippen molar-refractivity contribution in [1.29, 1.82) is 0 Å². The van der Waals surface area contributed by atoms with Gasteiger partial charge < -0.3 is 20.5 Å². The molecular formula is C14H29N2O4+. The van der Waals surface area contributed by atoms with Crippen LogP contribution in [0.1, 0.15) is 54.4 Å². The molecule has 0 aromatic rings. The fourth-order valence-corrected chi connectivity index (χ4v) is 1.42. The van der Waals surface area contributed by atoms with Crippen LogP contribution in [0.4, 0.5) is 4.79 Å². The van der Waals surface area contributed by atoms with Gasteiger partial charge in [0, 0.05) is 0 Å². The van der Waals surface area contributed by atoms with E-state index in [1.54, 1.807) is 41.5 Å². The van der Waals surface area contributed by atoms with Gasteiger partial charge in [0.15, 0.2) is 0 Å². The van der Waals surface area contributed by atoms with Gasteiger partial charge in [0.05, 0.1) is 6.54 Å². The van der Waals surface area contributed by atoms with Gasteiger partial charge in [0.25, 0.3) is 0 Å². The number of ether oxygens (including phenoxy) is 2. The van der Waals surface area contributed by atoms with Crippen LogP contribution in [0.3, 0.4) is 0 Å². The summed E-state index contributed by atoms with van der Waals surface area (Å²) in [5.41, 5.74) is 2.54. The van der Waals surface area contributed by atoms with Gasteiger partial charge in [-0.05, 0) is 54.4 Å². The molecule has 1 atom stereocenters. The van der Waals surface area contributed by atoms with Crippen LogP contribution < -0.4 is 11.1 Å². The maximum atomic E-state index is 12.1. The van der Waals surface area contributed by atoms with E-state index in [1.165, 1.54) is 0 Å². The van der Waals surface area contributed by atoms with E-state index >= 15 is 0 Å². The highest BCUT2D eigenvalue weighted by Gasteiger charge is 2.28. The predicted octanol–water partition coefficient (Wildman–Crippen LogP) is 1.24. The minimum Gasteiger partial charge on any atom is -0.458 e. The number of esters is 1. The number of rotatable bonds is 5. The third kappa shape index (κ3) is 9.61. The van der Waals surface area contributed by atoms with Crippen LogP contribution in [0, 0.1) is 0 Å². The Morgan fingerprint density at radius 1 is 1.05 bits per heavy atom. The highest BCUT2D eigenvalue weighted by atomic mass is 16.6. The Labute approximate surface area is 121 Å². The standard InChI is InChI=1S/C14H28N2O4/c1-13(2,3)19-11(17)10(8-7-9-15)16-12(18)20-14(4,5)6/h10H,7-9,15H2,1-6H3,(H,16,18)/p+1/t10-/m0/s1. The second kappa shape index (κ2) is 7.47. The molecule has 6 nitrogen and oxygen atoms in total. The Hall–Kier alpha value is -1.30. The summed E-state index contributed by atoms with van der Waals surface area (Å²) in [6, 6.07) is -0.703. The number of quaternary nitrogens is 1. The molecule has 0 fully saturated rings. The highest BCUT2D eigenvalue weighted by Crippen LogP contribution is 2.12. The van der Waals surface area contributed by atoms with Gasteiger partial charge in [0.1, 0.15) is 17.2 Å². The zero-order valence-electron chi connectivity index (χ0n) is 13.5. The molecule has 6 heteroatoms. The summed E-state index contributed by atoms with van der Waals surface area (Å²) in [4.78, 5) is 23.8. The summed E-state index contributed by atoms with van der Waals surface area (Å²) in [6.07, 6.45) is 0.592. The van der Waals surface area contributed by atoms with E-state index in [-0.39, 0.29) is 0 Å². The molecule has 0 heterocycles. The average Bonchev–Trinajstić information content (AvgIpc) is 2.18. The number of hydrogen-bond acceptors (Lipinski definition) is 4. The van der Waals surface area contributed by atoms with Crippen molar-refractivity contribution in [3.63, 3.8) is 0 Å². The van der Waals surface area contributed by atoms with Crippen molar-refractivity contribution in [1.82, 2.24) is 5.32 Å². The van der Waals surface area contributed by atoms with Crippen molar-refractivity contribution in [2.24, 2.45) is 0 Å². The largest absolute Gasteiger partial charge is 0.458 e. The van der Waals surface area contributed by atoms with Crippen LogP contribution in [-0.2, 0) is 14.3 Å². The lowest BCUT2D eigenvalue weighted by molar-refractivity contribution is -0.368. The van der Waals surface area contributed by atoms with E-state index < -0.39 is 29.3 Å². The van der Waals surface area contributed by atoms with Gasteiger partial charge in [-0.3, -0.25) is 0 Å². The molecule has 0 bridgehead atoms. The molecule has 0 aliphatic carbocycles. The van der Waals surface area contributed by atoms with E-state index in [0.29, 0.717) is 13.0 Å². The Bertz CT molecular complexity index is 329. The number of carbonyl (C=O) groups is 2. The number of alkyl carbamates (subject to hydrolysis) is 1. The average molecular weight is 289 g/mol. The van der Waals surface area contributed by atoms with Crippen molar-refractivity contribution in [2.75, 3.05) is 6.54 Å². The van der Waals surface area contributed by atoms with Gasteiger partial charge in [-0.25, -0.2) is 9.59 Å². The minimum absolute atomic E-state index is 0.447. The van der Waals surface area contributed by atoms with Gasteiger partial charge >= 0.3 is 12.1 Å². The summed E-state index contributed by atoms with van der Waals surface area (Å²) in [5, 5.41) is 2.57. The van der Waals surface area contributed by atoms with Crippen LogP contribution in [-0.4, -0.2) is 35.9 Å². The Morgan fingerprint density at radius 2 is 1.55 bits per heavy atom. The lowest BCUT2D eigenvalue weighted by Gasteiger charge is -2.26. The lowest BCUT2D eigenvalue weighted by atomic mass is 10.1. The molecule has 0 radical (unpaired) electrons. The Kier molecular flexibility index (Phi) is 6.99. The molecule has 0 aromatic heterocycles. The maximum Gasteiger partial charge on any atom is 0.408 e. The van der Waals surface area contributed by atoms with E-state index in [0.717, 1.165) is 6.42 Å². The quantitative estimate of drug-likeness (QED) is 0.745. The van der Waals surface area contributed by atoms with E-state index in [4.69, 9.17) is 9.47 Å². The minimum atomic E-state index is -0.703. The van der Waals surface area contributed by atoms with Crippen LogP contribution in [0.2, 0.25) is 0 Å². The molecule has 0 aromatic carbocycles. The number of amides is 1. The Morgan fingerprint density at radius 3 is 1.95 bits per heavy atom. The zero-order chi connectivity index (χ0) is 16.0. The third-order valence-corrected chi connectivity index (χ3v) is 2.13.